The van der Waals surface area contributed by atoms with Gasteiger partial charge in [-0.1, -0.05) is 11.6 Å². The van der Waals surface area contributed by atoms with Gasteiger partial charge in [-0.25, -0.2) is 4.98 Å². The second-order valence-corrected chi connectivity index (χ2v) is 5.48. The van der Waals surface area contributed by atoms with Gasteiger partial charge in [-0.2, -0.15) is 5.10 Å². The fourth-order valence-corrected chi connectivity index (χ4v) is 2.65. The van der Waals surface area contributed by atoms with E-state index in [9.17, 15) is 0 Å². The van der Waals surface area contributed by atoms with Gasteiger partial charge in [0.1, 0.15) is 5.82 Å². The molecule has 0 fully saturated rings. The Kier molecular flexibility index (Phi) is 3.68. The van der Waals surface area contributed by atoms with Crippen LogP contribution in [0, 0.1) is 0 Å². The van der Waals surface area contributed by atoms with E-state index in [1.54, 1.807) is 4.68 Å². The molecule has 104 valence electrons. The van der Waals surface area contributed by atoms with Crippen LogP contribution >= 0.6 is 23.2 Å². The zero-order valence-corrected chi connectivity index (χ0v) is 12.6. The molecule has 6 heteroatoms. The zero-order chi connectivity index (χ0) is 14.1. The van der Waals surface area contributed by atoms with Gasteiger partial charge in [-0.05, 0) is 24.3 Å². The van der Waals surface area contributed by atoms with Crippen LogP contribution in [-0.2, 0) is 20.0 Å². The minimum atomic E-state index is 0.541. The Hall–Kier alpha value is -1.52. The molecule has 20 heavy (non-hydrogen) atoms. The van der Waals surface area contributed by atoms with Gasteiger partial charge in [-0.15, -0.1) is 11.6 Å². The third kappa shape index (κ3) is 2.53. The van der Waals surface area contributed by atoms with Crippen molar-refractivity contribution in [1.29, 1.82) is 0 Å². The third-order valence-corrected chi connectivity index (χ3v) is 3.62. The average molecular weight is 309 g/mol. The summed E-state index contributed by atoms with van der Waals surface area (Å²) in [6.07, 6.45) is 2.66. The van der Waals surface area contributed by atoms with E-state index in [4.69, 9.17) is 23.2 Å². The lowest BCUT2D eigenvalue weighted by atomic mass is 10.3. The summed E-state index contributed by atoms with van der Waals surface area (Å²) in [5.74, 6) is 1.50. The normalized spacial score (nSPS) is 11.3. The van der Waals surface area contributed by atoms with Crippen molar-refractivity contribution in [2.24, 2.45) is 7.05 Å². The minimum absolute atomic E-state index is 0.541. The number of halogens is 2. The average Bonchev–Trinajstić information content (AvgIpc) is 2.95. The van der Waals surface area contributed by atoms with E-state index in [2.05, 4.69) is 14.6 Å². The van der Waals surface area contributed by atoms with E-state index in [-0.39, 0.29) is 0 Å². The molecule has 0 unspecified atom stereocenters. The summed E-state index contributed by atoms with van der Waals surface area (Å²) in [6.45, 7) is 0.686. The van der Waals surface area contributed by atoms with Crippen LogP contribution in [0.3, 0.4) is 0 Å². The standard InChI is InChI=1S/C14H14Cl2N4/c1-19-7-5-11(18-19)9-20-13-3-2-10(16)8-12(13)17-14(20)4-6-15/h2-3,5,7-8H,4,6,9H2,1H3. The lowest BCUT2D eigenvalue weighted by Gasteiger charge is -2.06. The molecule has 0 aliphatic carbocycles. The molecule has 2 aromatic heterocycles. The van der Waals surface area contributed by atoms with Crippen molar-refractivity contribution in [2.45, 2.75) is 13.0 Å². The minimum Gasteiger partial charge on any atom is -0.322 e. The largest absolute Gasteiger partial charge is 0.322 e. The lowest BCUT2D eigenvalue weighted by Crippen LogP contribution is -2.07. The van der Waals surface area contributed by atoms with Crippen molar-refractivity contribution in [2.75, 3.05) is 5.88 Å². The number of hydrogen-bond donors (Lipinski definition) is 0. The molecule has 0 N–H and O–H groups in total. The smallest absolute Gasteiger partial charge is 0.111 e. The van der Waals surface area contributed by atoms with Crippen LogP contribution in [0.2, 0.25) is 5.02 Å². The Bertz CT molecular complexity index is 745. The van der Waals surface area contributed by atoms with Crippen LogP contribution in [0.25, 0.3) is 11.0 Å². The molecule has 4 nitrogen and oxygen atoms in total. The maximum Gasteiger partial charge on any atom is 0.111 e. The van der Waals surface area contributed by atoms with E-state index in [0.29, 0.717) is 17.4 Å². The summed E-state index contributed by atoms with van der Waals surface area (Å²) in [7, 11) is 1.91. The Morgan fingerprint density at radius 2 is 2.10 bits per heavy atom. The number of alkyl halides is 1. The number of benzene rings is 1. The van der Waals surface area contributed by atoms with Gasteiger partial charge >= 0.3 is 0 Å². The predicted molar refractivity (Wildman–Crippen MR) is 81.5 cm³/mol. The molecule has 0 radical (unpaired) electrons. The first-order chi connectivity index (χ1) is 9.67. The molecule has 0 aliphatic rings. The molecule has 3 aromatic rings. The Morgan fingerprint density at radius 3 is 2.80 bits per heavy atom. The summed E-state index contributed by atoms with van der Waals surface area (Å²) in [4.78, 5) is 4.63. The molecule has 0 saturated heterocycles. The first-order valence-corrected chi connectivity index (χ1v) is 7.28. The molecule has 0 amide bonds. The highest BCUT2D eigenvalue weighted by Gasteiger charge is 2.12. The van der Waals surface area contributed by atoms with Gasteiger partial charge in [0.15, 0.2) is 0 Å². The zero-order valence-electron chi connectivity index (χ0n) is 11.1. The SMILES string of the molecule is Cn1ccc(Cn2c(CCCl)nc3cc(Cl)ccc32)n1. The fourth-order valence-electron chi connectivity index (χ4n) is 2.31. The van der Waals surface area contributed by atoms with E-state index >= 15 is 0 Å². The number of hydrogen-bond acceptors (Lipinski definition) is 2. The van der Waals surface area contributed by atoms with Gasteiger partial charge < -0.3 is 4.57 Å². The first kappa shape index (κ1) is 13.5. The van der Waals surface area contributed by atoms with Crippen LogP contribution in [0.1, 0.15) is 11.5 Å². The van der Waals surface area contributed by atoms with Crippen LogP contribution in [-0.4, -0.2) is 25.2 Å². The van der Waals surface area contributed by atoms with Crippen molar-refractivity contribution in [3.8, 4) is 0 Å². The summed E-state index contributed by atoms with van der Waals surface area (Å²) in [6, 6.07) is 7.76. The highest BCUT2D eigenvalue weighted by molar-refractivity contribution is 6.31. The van der Waals surface area contributed by atoms with E-state index in [1.807, 2.05) is 37.5 Å². The number of aromatic nitrogens is 4. The van der Waals surface area contributed by atoms with E-state index in [0.717, 1.165) is 29.0 Å². The van der Waals surface area contributed by atoms with Crippen LogP contribution in [0.15, 0.2) is 30.5 Å². The summed E-state index contributed by atoms with van der Waals surface area (Å²) in [5.41, 5.74) is 2.95. The second-order valence-electron chi connectivity index (χ2n) is 4.67. The fraction of sp³-hybridized carbons (Fsp3) is 0.286. The Balaban J connectivity index is 2.08. The van der Waals surface area contributed by atoms with Crippen LogP contribution in [0.5, 0.6) is 0 Å². The third-order valence-electron chi connectivity index (χ3n) is 3.20. The molecule has 1 aromatic carbocycles. The Labute approximate surface area is 126 Å². The molecule has 0 saturated carbocycles. The number of aryl methyl sites for hydroxylation is 2. The van der Waals surface area contributed by atoms with Crippen molar-refractivity contribution in [3.63, 3.8) is 0 Å². The van der Waals surface area contributed by atoms with Gasteiger partial charge in [0, 0.05) is 30.6 Å². The maximum atomic E-state index is 6.03. The number of rotatable bonds is 4. The van der Waals surface area contributed by atoms with Crippen LogP contribution < -0.4 is 0 Å². The molecule has 3 rings (SSSR count). The molecule has 0 aliphatic heterocycles. The van der Waals surface area contributed by atoms with Crippen molar-refractivity contribution < 1.29 is 0 Å². The highest BCUT2D eigenvalue weighted by atomic mass is 35.5. The molecule has 2 heterocycles. The van der Waals surface area contributed by atoms with E-state index < -0.39 is 0 Å². The summed E-state index contributed by atoms with van der Waals surface area (Å²) in [5, 5.41) is 5.11. The van der Waals surface area contributed by atoms with Gasteiger partial charge in [0.05, 0.1) is 23.3 Å². The summed E-state index contributed by atoms with van der Waals surface area (Å²) >= 11 is 11.9. The van der Waals surface area contributed by atoms with Gasteiger partial charge in [0.2, 0.25) is 0 Å². The summed E-state index contributed by atoms with van der Waals surface area (Å²) < 4.78 is 3.95. The number of nitrogens with zero attached hydrogens (tertiary/aromatic N) is 4. The first-order valence-electron chi connectivity index (χ1n) is 6.36. The van der Waals surface area contributed by atoms with Crippen molar-refractivity contribution >= 4 is 34.2 Å². The quantitative estimate of drug-likeness (QED) is 0.694. The molecular formula is C14H14Cl2N4. The van der Waals surface area contributed by atoms with Crippen LogP contribution in [0.4, 0.5) is 0 Å². The Morgan fingerprint density at radius 1 is 1.25 bits per heavy atom. The number of fused-ring (bicyclic) bond motifs is 1. The molecule has 0 spiro atoms. The van der Waals surface area contributed by atoms with Crippen molar-refractivity contribution in [1.82, 2.24) is 19.3 Å². The second kappa shape index (κ2) is 5.46. The monoisotopic (exact) mass is 308 g/mol. The molecule has 0 bridgehead atoms. The maximum absolute atomic E-state index is 6.03. The molecule has 0 atom stereocenters. The number of imidazole rings is 1. The topological polar surface area (TPSA) is 35.6 Å². The molecular weight excluding hydrogens is 295 g/mol. The van der Waals surface area contributed by atoms with Gasteiger partial charge in [0.25, 0.3) is 0 Å². The van der Waals surface area contributed by atoms with Gasteiger partial charge in [-0.3, -0.25) is 4.68 Å². The highest BCUT2D eigenvalue weighted by Crippen LogP contribution is 2.22. The van der Waals surface area contributed by atoms with Crippen molar-refractivity contribution in [3.05, 3.63) is 47.0 Å². The lowest BCUT2D eigenvalue weighted by molar-refractivity contribution is 0.694. The predicted octanol–water partition coefficient (Wildman–Crippen LogP) is 3.25. The van der Waals surface area contributed by atoms with E-state index in [1.165, 1.54) is 0 Å².